The summed E-state index contributed by atoms with van der Waals surface area (Å²) in [7, 11) is 0. The lowest BCUT2D eigenvalue weighted by Crippen LogP contribution is -2.18. The number of nitrogens with zero attached hydrogens (tertiary/aromatic N) is 2. The third-order valence-electron chi connectivity index (χ3n) is 2.41. The van der Waals surface area contributed by atoms with Gasteiger partial charge >= 0.3 is 5.97 Å². The van der Waals surface area contributed by atoms with E-state index in [0.29, 0.717) is 5.92 Å². The number of carboxylic acid groups (broad SMARTS) is 1. The second-order valence-corrected chi connectivity index (χ2v) is 4.50. The molecule has 2 rings (SSSR count). The fourth-order valence-corrected chi connectivity index (χ4v) is 2.45. The van der Waals surface area contributed by atoms with Gasteiger partial charge in [0.1, 0.15) is 0 Å². The first-order valence-corrected chi connectivity index (χ1v) is 5.48. The van der Waals surface area contributed by atoms with Gasteiger partial charge in [-0.05, 0) is 12.3 Å². The molecule has 1 aliphatic heterocycles. The second kappa shape index (κ2) is 3.57. The Balaban J connectivity index is 2.13. The summed E-state index contributed by atoms with van der Waals surface area (Å²) < 4.78 is 0. The molecule has 0 radical (unpaired) electrons. The number of carbonyl (C=O) groups is 1. The summed E-state index contributed by atoms with van der Waals surface area (Å²) in [6.07, 6.45) is 1.17. The normalized spacial score (nSPS) is 21.5. The molecule has 4 nitrogen and oxygen atoms in total. The number of anilines is 1. The van der Waals surface area contributed by atoms with Gasteiger partial charge in [0.05, 0.1) is 0 Å². The van der Waals surface area contributed by atoms with Gasteiger partial charge in [-0.2, -0.15) is 0 Å². The number of carboxylic acids is 1. The van der Waals surface area contributed by atoms with Crippen molar-refractivity contribution in [3.8, 4) is 0 Å². The Bertz CT molecular complexity index is 350. The summed E-state index contributed by atoms with van der Waals surface area (Å²) >= 11 is 1.41. The third kappa shape index (κ3) is 1.72. The number of thiazole rings is 1. The first-order chi connectivity index (χ1) is 6.66. The van der Waals surface area contributed by atoms with Crippen LogP contribution in [0.3, 0.4) is 0 Å². The molecule has 5 heteroatoms. The molecule has 76 valence electrons. The summed E-state index contributed by atoms with van der Waals surface area (Å²) in [4.78, 5) is 16.8. The van der Waals surface area contributed by atoms with Crippen LogP contribution in [-0.4, -0.2) is 29.1 Å². The molecule has 0 aromatic carbocycles. The van der Waals surface area contributed by atoms with E-state index < -0.39 is 5.97 Å². The number of aromatic nitrogens is 1. The maximum Gasteiger partial charge on any atom is 0.355 e. The van der Waals surface area contributed by atoms with Crippen molar-refractivity contribution in [1.82, 2.24) is 4.98 Å². The summed E-state index contributed by atoms with van der Waals surface area (Å²) in [5.41, 5.74) is 0.157. The number of aromatic carboxylic acids is 1. The highest BCUT2D eigenvalue weighted by molar-refractivity contribution is 7.13. The second-order valence-electron chi connectivity index (χ2n) is 3.66. The molecule has 0 bridgehead atoms. The molecule has 0 amide bonds. The average Bonchev–Trinajstić information content (AvgIpc) is 2.70. The zero-order chi connectivity index (χ0) is 10.1. The SMILES string of the molecule is CC1CCN(c2nc(C(=O)O)cs2)C1. The predicted octanol–water partition coefficient (Wildman–Crippen LogP) is 1.69. The third-order valence-corrected chi connectivity index (χ3v) is 3.31. The minimum absolute atomic E-state index is 0.157. The summed E-state index contributed by atoms with van der Waals surface area (Å²) in [6.45, 7) is 4.19. The van der Waals surface area contributed by atoms with Crippen molar-refractivity contribution in [2.75, 3.05) is 18.0 Å². The van der Waals surface area contributed by atoms with Gasteiger partial charge in [0, 0.05) is 18.5 Å². The lowest BCUT2D eigenvalue weighted by Gasteiger charge is -2.12. The van der Waals surface area contributed by atoms with Crippen molar-refractivity contribution in [2.45, 2.75) is 13.3 Å². The van der Waals surface area contributed by atoms with Gasteiger partial charge < -0.3 is 10.0 Å². The number of hydrogen-bond donors (Lipinski definition) is 1. The van der Waals surface area contributed by atoms with Crippen LogP contribution in [0.15, 0.2) is 5.38 Å². The van der Waals surface area contributed by atoms with E-state index in [9.17, 15) is 4.79 Å². The van der Waals surface area contributed by atoms with E-state index in [2.05, 4.69) is 16.8 Å². The molecule has 1 aliphatic rings. The summed E-state index contributed by atoms with van der Waals surface area (Å²) in [6, 6.07) is 0. The van der Waals surface area contributed by atoms with Gasteiger partial charge in [0.25, 0.3) is 0 Å². The highest BCUT2D eigenvalue weighted by atomic mass is 32.1. The monoisotopic (exact) mass is 212 g/mol. The van der Waals surface area contributed by atoms with Crippen LogP contribution >= 0.6 is 11.3 Å². The molecule has 1 saturated heterocycles. The molecule has 0 aliphatic carbocycles. The molecule has 1 unspecified atom stereocenters. The van der Waals surface area contributed by atoms with E-state index in [1.807, 2.05) is 0 Å². The van der Waals surface area contributed by atoms with Crippen molar-refractivity contribution >= 4 is 22.4 Å². The van der Waals surface area contributed by atoms with E-state index in [0.717, 1.165) is 18.2 Å². The summed E-state index contributed by atoms with van der Waals surface area (Å²) in [5.74, 6) is -0.257. The molecule has 2 heterocycles. The van der Waals surface area contributed by atoms with Gasteiger partial charge in [-0.15, -0.1) is 11.3 Å². The Morgan fingerprint density at radius 1 is 1.79 bits per heavy atom. The average molecular weight is 212 g/mol. The van der Waals surface area contributed by atoms with E-state index >= 15 is 0 Å². The minimum atomic E-state index is -0.945. The molecule has 14 heavy (non-hydrogen) atoms. The van der Waals surface area contributed by atoms with Crippen molar-refractivity contribution in [2.24, 2.45) is 5.92 Å². The van der Waals surface area contributed by atoms with E-state index in [-0.39, 0.29) is 5.69 Å². The molecule has 1 N–H and O–H groups in total. The lowest BCUT2D eigenvalue weighted by atomic mass is 10.2. The van der Waals surface area contributed by atoms with Gasteiger partial charge in [-0.3, -0.25) is 0 Å². The fraction of sp³-hybridized carbons (Fsp3) is 0.556. The molecular formula is C9H12N2O2S. The van der Waals surface area contributed by atoms with Crippen LogP contribution in [0.2, 0.25) is 0 Å². The maximum atomic E-state index is 10.6. The van der Waals surface area contributed by atoms with Crippen molar-refractivity contribution in [1.29, 1.82) is 0 Å². The van der Waals surface area contributed by atoms with Crippen LogP contribution in [0, 0.1) is 5.92 Å². The van der Waals surface area contributed by atoms with Crippen molar-refractivity contribution in [3.05, 3.63) is 11.1 Å². The molecule has 1 atom stereocenters. The smallest absolute Gasteiger partial charge is 0.355 e. The molecular weight excluding hydrogens is 200 g/mol. The Kier molecular flexibility index (Phi) is 2.41. The number of rotatable bonds is 2. The molecule has 1 fully saturated rings. The Morgan fingerprint density at radius 3 is 3.07 bits per heavy atom. The molecule has 0 spiro atoms. The molecule has 1 aromatic rings. The molecule has 0 saturated carbocycles. The Labute approximate surface area is 86.2 Å². The zero-order valence-corrected chi connectivity index (χ0v) is 8.75. The van der Waals surface area contributed by atoms with Crippen molar-refractivity contribution in [3.63, 3.8) is 0 Å². The first-order valence-electron chi connectivity index (χ1n) is 4.60. The summed E-state index contributed by atoms with van der Waals surface area (Å²) in [5, 5.41) is 11.2. The van der Waals surface area contributed by atoms with Gasteiger partial charge in [0.2, 0.25) is 0 Å². The van der Waals surface area contributed by atoms with Crippen LogP contribution in [0.1, 0.15) is 23.8 Å². The van der Waals surface area contributed by atoms with Crippen LogP contribution in [-0.2, 0) is 0 Å². The van der Waals surface area contributed by atoms with Crippen molar-refractivity contribution < 1.29 is 9.90 Å². The van der Waals surface area contributed by atoms with Gasteiger partial charge in [-0.25, -0.2) is 9.78 Å². The van der Waals surface area contributed by atoms with Crippen LogP contribution in [0.4, 0.5) is 5.13 Å². The van der Waals surface area contributed by atoms with E-state index in [1.165, 1.54) is 17.8 Å². The van der Waals surface area contributed by atoms with E-state index in [1.54, 1.807) is 5.38 Å². The van der Waals surface area contributed by atoms with Crippen LogP contribution in [0.5, 0.6) is 0 Å². The largest absolute Gasteiger partial charge is 0.476 e. The fourth-order valence-electron chi connectivity index (χ4n) is 1.62. The Morgan fingerprint density at radius 2 is 2.57 bits per heavy atom. The molecule has 1 aromatic heterocycles. The Hall–Kier alpha value is -1.10. The topological polar surface area (TPSA) is 53.4 Å². The lowest BCUT2D eigenvalue weighted by molar-refractivity contribution is 0.0691. The minimum Gasteiger partial charge on any atom is -0.476 e. The maximum absolute atomic E-state index is 10.6. The highest BCUT2D eigenvalue weighted by Crippen LogP contribution is 2.26. The highest BCUT2D eigenvalue weighted by Gasteiger charge is 2.22. The first kappa shape index (κ1) is 9.45. The zero-order valence-electron chi connectivity index (χ0n) is 7.93. The quantitative estimate of drug-likeness (QED) is 0.810. The van der Waals surface area contributed by atoms with Crippen LogP contribution in [0.25, 0.3) is 0 Å². The van der Waals surface area contributed by atoms with Gasteiger partial charge in [0.15, 0.2) is 10.8 Å². The van der Waals surface area contributed by atoms with E-state index in [4.69, 9.17) is 5.11 Å². The standard InChI is InChI=1S/C9H12N2O2S/c1-6-2-3-11(4-6)9-10-7(5-14-9)8(12)13/h5-6H,2-4H2,1H3,(H,12,13). The van der Waals surface area contributed by atoms with Gasteiger partial charge in [-0.1, -0.05) is 6.92 Å². The number of hydrogen-bond acceptors (Lipinski definition) is 4. The van der Waals surface area contributed by atoms with Crippen LogP contribution < -0.4 is 4.90 Å². The predicted molar refractivity (Wildman–Crippen MR) is 55.1 cm³/mol.